The topological polar surface area (TPSA) is 42.1 Å². The Morgan fingerprint density at radius 3 is 3.07 bits per heavy atom. The van der Waals surface area contributed by atoms with Crippen LogP contribution in [-0.4, -0.2) is 24.1 Å². The second-order valence-electron chi connectivity index (χ2n) is 3.79. The van der Waals surface area contributed by atoms with Gasteiger partial charge in [0.25, 0.3) is 0 Å². The maximum absolute atomic E-state index is 5.69. The van der Waals surface area contributed by atoms with Crippen LogP contribution in [0.2, 0.25) is 0 Å². The normalized spacial score (nSPS) is 27.2. The molecule has 1 aliphatic rings. The quantitative estimate of drug-likeness (QED) is 0.899. The van der Waals surface area contributed by atoms with Crippen molar-refractivity contribution in [2.45, 2.75) is 19.4 Å². The van der Waals surface area contributed by atoms with Crippen molar-refractivity contribution >= 4 is 32.4 Å². The van der Waals surface area contributed by atoms with Gasteiger partial charge in [-0.25, -0.2) is 4.98 Å². The first kappa shape index (κ1) is 10.4. The van der Waals surface area contributed by atoms with E-state index < -0.39 is 0 Å². The van der Waals surface area contributed by atoms with Crippen molar-refractivity contribution in [3.05, 3.63) is 9.98 Å². The van der Waals surface area contributed by atoms with Gasteiger partial charge < -0.3 is 10.6 Å². The largest absolute Gasteiger partial charge is 0.345 e. The van der Waals surface area contributed by atoms with Gasteiger partial charge >= 0.3 is 0 Å². The van der Waals surface area contributed by atoms with Gasteiger partial charge in [0.05, 0.1) is 0 Å². The predicted octanol–water partition coefficient (Wildman–Crippen LogP) is 2.08. The second kappa shape index (κ2) is 4.16. The van der Waals surface area contributed by atoms with Crippen molar-refractivity contribution in [3.8, 4) is 0 Å². The van der Waals surface area contributed by atoms with E-state index in [0.29, 0.717) is 12.0 Å². The summed E-state index contributed by atoms with van der Waals surface area (Å²) in [6.45, 7) is 4.08. The van der Waals surface area contributed by atoms with Gasteiger partial charge in [0, 0.05) is 18.0 Å². The first-order valence-corrected chi connectivity index (χ1v) is 6.45. The molecule has 0 radical (unpaired) electrons. The summed E-state index contributed by atoms with van der Waals surface area (Å²) in [6, 6.07) is 0.571. The van der Waals surface area contributed by atoms with E-state index in [-0.39, 0.29) is 0 Å². The molecule has 2 atom stereocenters. The number of rotatable bonds is 2. The van der Waals surface area contributed by atoms with Crippen LogP contribution in [0, 0.1) is 5.92 Å². The van der Waals surface area contributed by atoms with Gasteiger partial charge in [-0.1, -0.05) is 0 Å². The minimum Gasteiger partial charge on any atom is -0.345 e. The molecular formula is C9H14BrN3S. The Morgan fingerprint density at radius 2 is 2.57 bits per heavy atom. The van der Waals surface area contributed by atoms with Crippen molar-refractivity contribution in [1.82, 2.24) is 4.98 Å². The number of anilines is 1. The number of nitrogens with zero attached hydrogens (tertiary/aromatic N) is 2. The Morgan fingerprint density at radius 1 is 1.79 bits per heavy atom. The molecule has 1 aromatic heterocycles. The average molecular weight is 276 g/mol. The highest BCUT2D eigenvalue weighted by Crippen LogP contribution is 2.31. The number of thiazole rings is 1. The molecule has 14 heavy (non-hydrogen) atoms. The Balaban J connectivity index is 2.12. The van der Waals surface area contributed by atoms with E-state index in [1.54, 1.807) is 11.3 Å². The first-order chi connectivity index (χ1) is 6.70. The number of hydrogen-bond donors (Lipinski definition) is 1. The van der Waals surface area contributed by atoms with Crippen LogP contribution in [-0.2, 0) is 0 Å². The SMILES string of the molecule is CC1CC(CN)CN1c1nc(Br)cs1. The van der Waals surface area contributed by atoms with Crippen molar-refractivity contribution < 1.29 is 0 Å². The number of nitrogens with two attached hydrogens (primary N) is 1. The van der Waals surface area contributed by atoms with Crippen LogP contribution in [0.1, 0.15) is 13.3 Å². The lowest BCUT2D eigenvalue weighted by Crippen LogP contribution is -2.27. The third-order valence-electron chi connectivity index (χ3n) is 2.70. The molecule has 2 N–H and O–H groups in total. The van der Waals surface area contributed by atoms with Crippen LogP contribution < -0.4 is 10.6 Å². The first-order valence-electron chi connectivity index (χ1n) is 4.78. The molecule has 0 amide bonds. The molecule has 2 heterocycles. The molecule has 1 saturated heterocycles. The van der Waals surface area contributed by atoms with Gasteiger partial charge in [-0.2, -0.15) is 0 Å². The van der Waals surface area contributed by atoms with Crippen LogP contribution in [0.5, 0.6) is 0 Å². The van der Waals surface area contributed by atoms with E-state index in [2.05, 4.69) is 32.7 Å². The monoisotopic (exact) mass is 275 g/mol. The van der Waals surface area contributed by atoms with Gasteiger partial charge in [-0.05, 0) is 41.7 Å². The molecule has 3 nitrogen and oxygen atoms in total. The molecule has 5 heteroatoms. The van der Waals surface area contributed by atoms with Crippen molar-refractivity contribution in [3.63, 3.8) is 0 Å². The van der Waals surface area contributed by atoms with Crippen molar-refractivity contribution in [2.75, 3.05) is 18.0 Å². The molecule has 78 valence electrons. The molecule has 0 bridgehead atoms. The Kier molecular flexibility index (Phi) is 3.09. The Labute approximate surface area is 96.4 Å². The standard InChI is InChI=1S/C9H14BrN3S/c1-6-2-7(3-11)4-13(6)9-12-8(10)5-14-9/h5-7H,2-4,11H2,1H3. The zero-order valence-corrected chi connectivity index (χ0v) is 10.5. The van der Waals surface area contributed by atoms with Crippen LogP contribution in [0.25, 0.3) is 0 Å². The van der Waals surface area contributed by atoms with Crippen LogP contribution in [0.3, 0.4) is 0 Å². The van der Waals surface area contributed by atoms with Crippen LogP contribution >= 0.6 is 27.3 Å². The lowest BCUT2D eigenvalue weighted by atomic mass is 10.1. The third-order valence-corrected chi connectivity index (χ3v) is 4.29. The van der Waals surface area contributed by atoms with E-state index >= 15 is 0 Å². The maximum Gasteiger partial charge on any atom is 0.186 e. The number of halogens is 1. The molecule has 0 aliphatic carbocycles. The van der Waals surface area contributed by atoms with Gasteiger partial charge in [0.1, 0.15) is 4.60 Å². The Hall–Kier alpha value is -0.130. The summed E-state index contributed by atoms with van der Waals surface area (Å²) >= 11 is 5.07. The highest BCUT2D eigenvalue weighted by molar-refractivity contribution is 9.10. The van der Waals surface area contributed by atoms with E-state index in [0.717, 1.165) is 22.8 Å². The zero-order chi connectivity index (χ0) is 10.1. The third kappa shape index (κ3) is 1.94. The minimum atomic E-state index is 0.571. The molecule has 1 fully saturated rings. The molecule has 0 spiro atoms. The summed E-state index contributed by atoms with van der Waals surface area (Å²) in [5, 5.41) is 3.14. The summed E-state index contributed by atoms with van der Waals surface area (Å²) in [4.78, 5) is 6.79. The predicted molar refractivity (Wildman–Crippen MR) is 63.8 cm³/mol. The molecule has 1 aliphatic heterocycles. The van der Waals surface area contributed by atoms with E-state index in [9.17, 15) is 0 Å². The summed E-state index contributed by atoms with van der Waals surface area (Å²) in [5.74, 6) is 0.632. The Bertz CT molecular complexity index is 315. The zero-order valence-electron chi connectivity index (χ0n) is 8.11. The smallest absolute Gasteiger partial charge is 0.186 e. The highest BCUT2D eigenvalue weighted by Gasteiger charge is 2.29. The average Bonchev–Trinajstić information content (AvgIpc) is 2.71. The van der Waals surface area contributed by atoms with E-state index in [1.807, 2.05) is 5.38 Å². The molecule has 1 aromatic rings. The summed E-state index contributed by atoms with van der Waals surface area (Å²) in [6.07, 6.45) is 1.19. The molecular weight excluding hydrogens is 262 g/mol. The van der Waals surface area contributed by atoms with Gasteiger partial charge in [-0.15, -0.1) is 11.3 Å². The number of aromatic nitrogens is 1. The van der Waals surface area contributed by atoms with E-state index in [4.69, 9.17) is 5.73 Å². The maximum atomic E-state index is 5.69. The molecule has 2 rings (SSSR count). The summed E-state index contributed by atoms with van der Waals surface area (Å²) < 4.78 is 0.931. The minimum absolute atomic E-state index is 0.571. The van der Waals surface area contributed by atoms with E-state index in [1.165, 1.54) is 6.42 Å². The second-order valence-corrected chi connectivity index (χ2v) is 5.44. The molecule has 2 unspecified atom stereocenters. The fourth-order valence-electron chi connectivity index (χ4n) is 1.96. The lowest BCUT2D eigenvalue weighted by molar-refractivity contribution is 0.579. The van der Waals surface area contributed by atoms with Crippen LogP contribution in [0.4, 0.5) is 5.13 Å². The van der Waals surface area contributed by atoms with Crippen LogP contribution in [0.15, 0.2) is 9.98 Å². The highest BCUT2D eigenvalue weighted by atomic mass is 79.9. The van der Waals surface area contributed by atoms with Gasteiger partial charge in [0.15, 0.2) is 5.13 Å². The molecule has 0 saturated carbocycles. The molecule has 0 aromatic carbocycles. The lowest BCUT2D eigenvalue weighted by Gasteiger charge is -2.19. The fraction of sp³-hybridized carbons (Fsp3) is 0.667. The van der Waals surface area contributed by atoms with Gasteiger partial charge in [0.2, 0.25) is 0 Å². The number of hydrogen-bond acceptors (Lipinski definition) is 4. The summed E-state index contributed by atoms with van der Waals surface area (Å²) in [5.41, 5.74) is 5.69. The summed E-state index contributed by atoms with van der Waals surface area (Å²) in [7, 11) is 0. The fourth-order valence-corrected chi connectivity index (χ4v) is 3.32. The van der Waals surface area contributed by atoms with Crippen molar-refractivity contribution in [1.29, 1.82) is 0 Å². The van der Waals surface area contributed by atoms with Gasteiger partial charge in [-0.3, -0.25) is 0 Å². The van der Waals surface area contributed by atoms with Crippen molar-refractivity contribution in [2.24, 2.45) is 11.7 Å².